The van der Waals surface area contributed by atoms with Crippen LogP contribution in [-0.2, 0) is 20.9 Å². The third-order valence-electron chi connectivity index (χ3n) is 4.43. The number of nitrogens with zero attached hydrogens (tertiary/aromatic N) is 3. The van der Waals surface area contributed by atoms with Gasteiger partial charge in [0, 0.05) is 0 Å². The lowest BCUT2D eigenvalue weighted by atomic mass is 9.92. The number of imide groups is 1. The summed E-state index contributed by atoms with van der Waals surface area (Å²) >= 11 is 1.06. The number of benzene rings is 1. The van der Waals surface area contributed by atoms with Crippen LogP contribution in [0.3, 0.4) is 0 Å². The van der Waals surface area contributed by atoms with Crippen molar-refractivity contribution in [3.8, 4) is 0 Å². The lowest BCUT2D eigenvalue weighted by molar-refractivity contribution is -0.133. The molecule has 1 fully saturated rings. The zero-order chi connectivity index (χ0) is 18.9. The minimum absolute atomic E-state index is 0.337. The van der Waals surface area contributed by atoms with E-state index in [4.69, 9.17) is 0 Å². The van der Waals surface area contributed by atoms with E-state index in [9.17, 15) is 14.4 Å². The van der Waals surface area contributed by atoms with Gasteiger partial charge >= 0.3 is 6.03 Å². The molecule has 1 saturated heterocycles. The summed E-state index contributed by atoms with van der Waals surface area (Å²) in [6.07, 6.45) is 1.35. The Bertz CT molecular complexity index is 847. The fourth-order valence-electron chi connectivity index (χ4n) is 2.88. The first-order chi connectivity index (χ1) is 12.3. The molecule has 2 heterocycles. The second-order valence-corrected chi connectivity index (χ2v) is 7.60. The Morgan fingerprint density at radius 3 is 2.85 bits per heavy atom. The molecule has 0 aromatic heterocycles. The fourth-order valence-corrected chi connectivity index (χ4v) is 3.43. The zero-order valence-corrected chi connectivity index (χ0v) is 15.7. The number of anilines is 1. The van der Waals surface area contributed by atoms with Gasteiger partial charge in [-0.15, -0.1) is 0 Å². The molecule has 26 heavy (non-hydrogen) atoms. The Labute approximate surface area is 155 Å². The molecule has 0 radical (unpaired) electrons. The van der Waals surface area contributed by atoms with E-state index in [1.807, 2.05) is 0 Å². The molecule has 2 N–H and O–H groups in total. The average Bonchev–Trinajstić information content (AvgIpc) is 3.13. The van der Waals surface area contributed by atoms with E-state index in [1.54, 1.807) is 25.1 Å². The first kappa shape index (κ1) is 18.2. The largest absolute Gasteiger partial charge is 0.325 e. The molecule has 3 rings (SSSR count). The first-order valence-electron chi connectivity index (χ1n) is 8.45. The number of rotatable bonds is 6. The maximum absolute atomic E-state index is 12.7. The van der Waals surface area contributed by atoms with E-state index in [0.29, 0.717) is 29.4 Å². The second-order valence-electron chi connectivity index (χ2n) is 7.07. The Morgan fingerprint density at radius 1 is 1.35 bits per heavy atom. The van der Waals surface area contributed by atoms with Gasteiger partial charge in [0.1, 0.15) is 23.5 Å². The van der Waals surface area contributed by atoms with Crippen LogP contribution in [0, 0.1) is 5.92 Å². The third-order valence-corrected chi connectivity index (χ3v) is 4.97. The highest BCUT2D eigenvalue weighted by atomic mass is 32.1. The molecule has 0 bridgehead atoms. The van der Waals surface area contributed by atoms with Crippen molar-refractivity contribution in [1.29, 1.82) is 0 Å². The molecule has 0 saturated carbocycles. The molecular formula is C17H21N5O3S. The van der Waals surface area contributed by atoms with Crippen LogP contribution in [0.1, 0.15) is 33.6 Å². The van der Waals surface area contributed by atoms with Gasteiger partial charge in [-0.1, -0.05) is 19.9 Å². The first-order valence-corrected chi connectivity index (χ1v) is 9.18. The molecule has 1 aromatic rings. The smallest absolute Gasteiger partial charge is 0.323 e. The number of nitrogens with one attached hydrogen (secondary N) is 2. The van der Waals surface area contributed by atoms with E-state index in [1.165, 1.54) is 0 Å². The van der Waals surface area contributed by atoms with Gasteiger partial charge in [-0.2, -0.15) is 8.73 Å². The number of urea groups is 1. The van der Waals surface area contributed by atoms with Crippen LogP contribution in [0.25, 0.3) is 0 Å². The van der Waals surface area contributed by atoms with Crippen molar-refractivity contribution >= 4 is 46.3 Å². The van der Waals surface area contributed by atoms with Gasteiger partial charge in [0.25, 0.3) is 5.91 Å². The summed E-state index contributed by atoms with van der Waals surface area (Å²) in [5, 5.41) is 5.42. The van der Waals surface area contributed by atoms with Crippen molar-refractivity contribution in [2.75, 3.05) is 11.9 Å². The van der Waals surface area contributed by atoms with E-state index in [2.05, 4.69) is 33.2 Å². The molecule has 8 nitrogen and oxygen atoms in total. The summed E-state index contributed by atoms with van der Waals surface area (Å²) in [7, 11) is 0. The van der Waals surface area contributed by atoms with E-state index >= 15 is 0 Å². The number of hydrogen-bond donors (Lipinski definition) is 2. The molecule has 9 heteroatoms. The van der Waals surface area contributed by atoms with Crippen LogP contribution >= 0.6 is 0 Å². The monoisotopic (exact) mass is 375 g/mol. The number of amides is 4. The molecule has 4 amide bonds. The van der Waals surface area contributed by atoms with Crippen LogP contribution < -0.4 is 10.6 Å². The quantitative estimate of drug-likeness (QED) is 0.758. The molecule has 1 atom stereocenters. The van der Waals surface area contributed by atoms with Gasteiger partial charge in [0.15, 0.2) is 0 Å². The van der Waals surface area contributed by atoms with Gasteiger partial charge in [0.2, 0.25) is 5.91 Å². The van der Waals surface area contributed by atoms with E-state index < -0.39 is 17.5 Å². The predicted octanol–water partition coefficient (Wildman–Crippen LogP) is 3.10. The molecule has 0 aliphatic carbocycles. The summed E-state index contributed by atoms with van der Waals surface area (Å²) in [6.45, 7) is 5.48. The highest BCUT2D eigenvalue weighted by Crippen LogP contribution is 2.38. The van der Waals surface area contributed by atoms with Crippen LogP contribution in [-0.4, -0.2) is 34.8 Å². The Balaban J connectivity index is 1.66. The third kappa shape index (κ3) is 3.52. The maximum Gasteiger partial charge on any atom is 0.325 e. The summed E-state index contributed by atoms with van der Waals surface area (Å²) < 4.78 is 8.27. The molecule has 0 spiro atoms. The van der Waals surface area contributed by atoms with Crippen molar-refractivity contribution in [1.82, 2.24) is 10.2 Å². The molecule has 1 aromatic carbocycles. The Kier molecular flexibility index (Phi) is 4.90. The van der Waals surface area contributed by atoms with Crippen LogP contribution in [0.5, 0.6) is 0 Å². The molecule has 2 aliphatic heterocycles. The van der Waals surface area contributed by atoms with Gasteiger partial charge in [0.05, 0.1) is 17.0 Å². The van der Waals surface area contributed by atoms with Gasteiger partial charge < -0.3 is 10.6 Å². The summed E-state index contributed by atoms with van der Waals surface area (Å²) in [5.74, 6) is -0.407. The SMILES string of the molecule is CC(C)CC[C@@]1(C)NC(=O)N(CC(=O)Nc2cccc3c2N=S=N3)C1=O. The average molecular weight is 375 g/mol. The van der Waals surface area contributed by atoms with Crippen molar-refractivity contribution in [2.24, 2.45) is 14.6 Å². The normalized spacial score (nSPS) is 21.0. The highest BCUT2D eigenvalue weighted by Gasteiger charge is 2.47. The lowest BCUT2D eigenvalue weighted by Crippen LogP contribution is -2.44. The highest BCUT2D eigenvalue weighted by molar-refractivity contribution is 7.58. The van der Waals surface area contributed by atoms with Gasteiger partial charge in [-0.25, -0.2) is 4.79 Å². The molecule has 2 aliphatic rings. The van der Waals surface area contributed by atoms with E-state index in [0.717, 1.165) is 22.7 Å². The topological polar surface area (TPSA) is 103 Å². The number of fused-ring (bicyclic) bond motifs is 1. The Morgan fingerprint density at radius 2 is 2.12 bits per heavy atom. The van der Waals surface area contributed by atoms with Crippen LogP contribution in [0.15, 0.2) is 26.9 Å². The summed E-state index contributed by atoms with van der Waals surface area (Å²) in [6, 6.07) is 4.73. The molecule has 138 valence electrons. The number of hydrogen-bond acceptors (Lipinski definition) is 5. The van der Waals surface area contributed by atoms with Crippen molar-refractivity contribution in [3.63, 3.8) is 0 Å². The zero-order valence-electron chi connectivity index (χ0n) is 14.9. The number of carbonyl (C=O) groups excluding carboxylic acids is 3. The summed E-state index contributed by atoms with van der Waals surface area (Å²) in [5.41, 5.74) is 0.824. The second kappa shape index (κ2) is 6.99. The van der Waals surface area contributed by atoms with Crippen molar-refractivity contribution in [2.45, 2.75) is 39.2 Å². The fraction of sp³-hybridized carbons (Fsp3) is 0.471. The van der Waals surface area contributed by atoms with Crippen LogP contribution in [0.2, 0.25) is 0 Å². The Hall–Kier alpha value is -2.55. The summed E-state index contributed by atoms with van der Waals surface area (Å²) in [4.78, 5) is 38.2. The van der Waals surface area contributed by atoms with E-state index in [-0.39, 0.29) is 12.5 Å². The predicted molar refractivity (Wildman–Crippen MR) is 99.3 cm³/mol. The maximum atomic E-state index is 12.7. The van der Waals surface area contributed by atoms with Crippen molar-refractivity contribution < 1.29 is 14.4 Å². The minimum Gasteiger partial charge on any atom is -0.323 e. The van der Waals surface area contributed by atoms with Crippen LogP contribution in [0.4, 0.5) is 21.9 Å². The minimum atomic E-state index is -0.958. The number of carbonyl (C=O) groups is 3. The van der Waals surface area contributed by atoms with Gasteiger partial charge in [-0.05, 0) is 37.8 Å². The van der Waals surface area contributed by atoms with Gasteiger partial charge in [-0.3, -0.25) is 14.5 Å². The lowest BCUT2D eigenvalue weighted by Gasteiger charge is -2.22. The van der Waals surface area contributed by atoms with Crippen molar-refractivity contribution in [3.05, 3.63) is 18.2 Å². The molecule has 0 unspecified atom stereocenters. The molecular weight excluding hydrogens is 354 g/mol. The standard InChI is InChI=1S/C17H21N5O3S/c1-10(2)7-8-17(3)15(24)22(16(25)19-17)9-13(23)18-11-5-4-6-12-14(11)21-26-20-12/h4-6,10H,7-9H2,1-3H3,(H,18,23)(H,19,25)/t17-/m1/s1.